The van der Waals surface area contributed by atoms with Crippen LogP contribution < -0.4 is 9.47 Å². The second kappa shape index (κ2) is 7.62. The predicted octanol–water partition coefficient (Wildman–Crippen LogP) is 1.53. The van der Waals surface area contributed by atoms with Crippen molar-refractivity contribution in [3.8, 4) is 11.5 Å². The molecule has 0 unspecified atom stereocenters. The third kappa shape index (κ3) is 4.07. The molecule has 1 aromatic rings. The number of amides is 1. The minimum atomic E-state index is 0.212. The van der Waals surface area contributed by atoms with E-state index in [1.807, 2.05) is 23.1 Å². The number of piperidine rings is 1. The summed E-state index contributed by atoms with van der Waals surface area (Å²) in [5.41, 5.74) is 0.990. The number of fused-ring (bicyclic) bond motifs is 1. The largest absolute Gasteiger partial charge is 0.454 e. The zero-order valence-corrected chi connectivity index (χ0v) is 14.6. The number of hydrogen-bond donors (Lipinski definition) is 0. The SMILES string of the molecule is O=C(Cc1ccc2c(c1)OCO2)N1CCC(CN2CCOCC2)CC1. The molecule has 3 heterocycles. The highest BCUT2D eigenvalue weighted by Gasteiger charge is 2.25. The van der Waals surface area contributed by atoms with Gasteiger partial charge in [0.1, 0.15) is 0 Å². The van der Waals surface area contributed by atoms with E-state index in [0.29, 0.717) is 12.3 Å². The van der Waals surface area contributed by atoms with Gasteiger partial charge < -0.3 is 19.1 Å². The maximum Gasteiger partial charge on any atom is 0.231 e. The van der Waals surface area contributed by atoms with E-state index >= 15 is 0 Å². The number of likely N-dealkylation sites (tertiary alicyclic amines) is 1. The molecule has 0 aromatic heterocycles. The minimum Gasteiger partial charge on any atom is -0.454 e. The van der Waals surface area contributed by atoms with Crippen LogP contribution in [0, 0.1) is 5.92 Å². The number of carbonyl (C=O) groups is 1. The van der Waals surface area contributed by atoms with Crippen molar-refractivity contribution in [1.82, 2.24) is 9.80 Å². The number of rotatable bonds is 4. The Kier molecular flexibility index (Phi) is 5.08. The highest BCUT2D eigenvalue weighted by atomic mass is 16.7. The van der Waals surface area contributed by atoms with Crippen LogP contribution in [0.2, 0.25) is 0 Å². The van der Waals surface area contributed by atoms with Gasteiger partial charge in [0.2, 0.25) is 12.7 Å². The Balaban J connectivity index is 1.25. The van der Waals surface area contributed by atoms with Crippen molar-refractivity contribution in [2.45, 2.75) is 19.3 Å². The van der Waals surface area contributed by atoms with Crippen molar-refractivity contribution in [2.24, 2.45) is 5.92 Å². The van der Waals surface area contributed by atoms with Crippen molar-refractivity contribution < 1.29 is 19.0 Å². The molecule has 0 aliphatic carbocycles. The van der Waals surface area contributed by atoms with Gasteiger partial charge in [0.15, 0.2) is 11.5 Å². The van der Waals surface area contributed by atoms with E-state index in [0.717, 1.165) is 75.8 Å². The van der Waals surface area contributed by atoms with Crippen molar-refractivity contribution in [1.29, 1.82) is 0 Å². The van der Waals surface area contributed by atoms with Crippen LogP contribution in [0.3, 0.4) is 0 Å². The summed E-state index contributed by atoms with van der Waals surface area (Å²) in [6.45, 7) is 6.96. The van der Waals surface area contributed by atoms with Crippen molar-refractivity contribution in [2.75, 3.05) is 52.7 Å². The third-order valence-corrected chi connectivity index (χ3v) is 5.38. The number of nitrogens with zero attached hydrogens (tertiary/aromatic N) is 2. The summed E-state index contributed by atoms with van der Waals surface area (Å²) in [6, 6.07) is 5.77. The molecule has 1 amide bonds. The van der Waals surface area contributed by atoms with E-state index in [1.54, 1.807) is 0 Å². The van der Waals surface area contributed by atoms with E-state index in [2.05, 4.69) is 4.90 Å². The standard InChI is InChI=1S/C19H26N2O4/c22-19(12-16-1-2-17-18(11-16)25-14-24-17)21-5-3-15(4-6-21)13-20-7-9-23-10-8-20/h1-2,11,15H,3-10,12-14H2. The molecule has 0 bridgehead atoms. The Morgan fingerprint density at radius 1 is 1.04 bits per heavy atom. The third-order valence-electron chi connectivity index (χ3n) is 5.38. The van der Waals surface area contributed by atoms with Crippen LogP contribution in [0.1, 0.15) is 18.4 Å². The molecule has 0 saturated carbocycles. The number of benzene rings is 1. The lowest BCUT2D eigenvalue weighted by Crippen LogP contribution is -2.44. The van der Waals surface area contributed by atoms with E-state index in [-0.39, 0.29) is 12.7 Å². The van der Waals surface area contributed by atoms with E-state index < -0.39 is 0 Å². The second-order valence-corrected chi connectivity index (χ2v) is 7.10. The topological polar surface area (TPSA) is 51.2 Å². The predicted molar refractivity (Wildman–Crippen MR) is 92.8 cm³/mol. The zero-order valence-electron chi connectivity index (χ0n) is 14.6. The molecule has 0 spiro atoms. The van der Waals surface area contributed by atoms with Gasteiger partial charge in [-0.15, -0.1) is 0 Å². The van der Waals surface area contributed by atoms with Crippen LogP contribution in [0.25, 0.3) is 0 Å². The first-order valence-corrected chi connectivity index (χ1v) is 9.24. The van der Waals surface area contributed by atoms with Gasteiger partial charge >= 0.3 is 0 Å². The van der Waals surface area contributed by atoms with Crippen molar-refractivity contribution >= 4 is 5.91 Å². The minimum absolute atomic E-state index is 0.212. The Bertz CT molecular complexity index is 607. The fourth-order valence-electron chi connectivity index (χ4n) is 3.85. The fourth-order valence-corrected chi connectivity index (χ4v) is 3.85. The summed E-state index contributed by atoms with van der Waals surface area (Å²) in [7, 11) is 0. The molecule has 0 atom stereocenters. The number of morpholine rings is 1. The summed E-state index contributed by atoms with van der Waals surface area (Å²) in [5, 5.41) is 0. The number of hydrogen-bond acceptors (Lipinski definition) is 5. The van der Waals surface area contributed by atoms with Gasteiger partial charge in [0, 0.05) is 32.7 Å². The first-order valence-electron chi connectivity index (χ1n) is 9.24. The average molecular weight is 346 g/mol. The number of ether oxygens (including phenoxy) is 3. The van der Waals surface area contributed by atoms with Gasteiger partial charge in [0.05, 0.1) is 19.6 Å². The molecule has 2 saturated heterocycles. The Hall–Kier alpha value is -1.79. The normalized spacial score (nSPS) is 21.5. The maximum absolute atomic E-state index is 12.6. The van der Waals surface area contributed by atoms with Crippen LogP contribution >= 0.6 is 0 Å². The van der Waals surface area contributed by atoms with Gasteiger partial charge in [-0.05, 0) is 36.5 Å². The highest BCUT2D eigenvalue weighted by Crippen LogP contribution is 2.32. The van der Waals surface area contributed by atoms with Crippen LogP contribution in [-0.4, -0.2) is 68.4 Å². The summed E-state index contributed by atoms with van der Waals surface area (Å²) in [4.78, 5) is 17.1. The lowest BCUT2D eigenvalue weighted by atomic mass is 9.95. The highest BCUT2D eigenvalue weighted by molar-refractivity contribution is 5.79. The molecule has 136 valence electrons. The molecule has 0 radical (unpaired) electrons. The fraction of sp³-hybridized carbons (Fsp3) is 0.632. The summed E-state index contributed by atoms with van der Waals surface area (Å²) in [5.74, 6) is 2.42. The molecular weight excluding hydrogens is 320 g/mol. The van der Waals surface area contributed by atoms with Gasteiger partial charge in [-0.1, -0.05) is 6.07 Å². The lowest BCUT2D eigenvalue weighted by Gasteiger charge is -2.36. The average Bonchev–Trinajstić information content (AvgIpc) is 3.11. The first-order chi connectivity index (χ1) is 12.3. The van der Waals surface area contributed by atoms with Gasteiger partial charge in [-0.3, -0.25) is 9.69 Å². The molecule has 0 N–H and O–H groups in total. The van der Waals surface area contributed by atoms with E-state index in [9.17, 15) is 4.79 Å². The van der Waals surface area contributed by atoms with Gasteiger partial charge in [0.25, 0.3) is 0 Å². The van der Waals surface area contributed by atoms with Crippen LogP contribution in [0.5, 0.6) is 11.5 Å². The first kappa shape index (κ1) is 16.7. The molecule has 25 heavy (non-hydrogen) atoms. The quantitative estimate of drug-likeness (QED) is 0.828. The van der Waals surface area contributed by atoms with Crippen molar-refractivity contribution in [3.63, 3.8) is 0 Å². The smallest absolute Gasteiger partial charge is 0.231 e. The monoisotopic (exact) mass is 346 g/mol. The molecule has 1 aromatic carbocycles. The van der Waals surface area contributed by atoms with Gasteiger partial charge in [-0.2, -0.15) is 0 Å². The summed E-state index contributed by atoms with van der Waals surface area (Å²) in [6.07, 6.45) is 2.64. The molecule has 6 nitrogen and oxygen atoms in total. The van der Waals surface area contributed by atoms with Crippen LogP contribution in [0.15, 0.2) is 18.2 Å². The molecule has 6 heteroatoms. The Morgan fingerprint density at radius 3 is 2.60 bits per heavy atom. The lowest BCUT2D eigenvalue weighted by molar-refractivity contribution is -0.132. The second-order valence-electron chi connectivity index (χ2n) is 7.10. The summed E-state index contributed by atoms with van der Waals surface area (Å²) >= 11 is 0. The molecule has 3 aliphatic heterocycles. The Labute approximate surface area is 148 Å². The number of carbonyl (C=O) groups excluding carboxylic acids is 1. The maximum atomic E-state index is 12.6. The molecule has 3 aliphatic rings. The zero-order chi connectivity index (χ0) is 17.1. The van der Waals surface area contributed by atoms with Gasteiger partial charge in [-0.25, -0.2) is 0 Å². The van der Waals surface area contributed by atoms with Crippen LogP contribution in [-0.2, 0) is 16.0 Å². The van der Waals surface area contributed by atoms with E-state index in [1.165, 1.54) is 0 Å². The molecule has 4 rings (SSSR count). The molecule has 2 fully saturated rings. The Morgan fingerprint density at radius 2 is 1.80 bits per heavy atom. The van der Waals surface area contributed by atoms with Crippen molar-refractivity contribution in [3.05, 3.63) is 23.8 Å². The van der Waals surface area contributed by atoms with E-state index in [4.69, 9.17) is 14.2 Å². The summed E-state index contributed by atoms with van der Waals surface area (Å²) < 4.78 is 16.1. The van der Waals surface area contributed by atoms with Crippen LogP contribution in [0.4, 0.5) is 0 Å². The molecular formula is C19H26N2O4.